The van der Waals surface area contributed by atoms with Gasteiger partial charge in [0, 0.05) is 12.0 Å². The molecule has 0 fully saturated rings. The van der Waals surface area contributed by atoms with E-state index in [2.05, 4.69) is 36.8 Å². The van der Waals surface area contributed by atoms with Crippen LogP contribution in [0.4, 0.5) is 0 Å². The molecular weight excluding hydrogens is 278 g/mol. The highest BCUT2D eigenvalue weighted by Gasteiger charge is 2.23. The molecule has 0 radical (unpaired) electrons. The van der Waals surface area contributed by atoms with Crippen molar-refractivity contribution in [2.45, 2.75) is 26.2 Å². The van der Waals surface area contributed by atoms with Gasteiger partial charge in [0.05, 0.1) is 6.54 Å². The van der Waals surface area contributed by atoms with E-state index >= 15 is 0 Å². The van der Waals surface area contributed by atoms with Crippen molar-refractivity contribution < 1.29 is 9.47 Å². The summed E-state index contributed by atoms with van der Waals surface area (Å²) >= 11 is 0. The maximum Gasteiger partial charge on any atom is 0.188 e. The molecule has 0 saturated carbocycles. The normalized spacial score (nSPS) is 14.6. The number of nitrogens with one attached hydrogen (secondary N) is 1. The van der Waals surface area contributed by atoms with Crippen LogP contribution in [0.25, 0.3) is 0 Å². The van der Waals surface area contributed by atoms with E-state index < -0.39 is 0 Å². The fraction of sp³-hybridized carbons (Fsp3) is 0.471. The van der Waals surface area contributed by atoms with E-state index in [1.165, 1.54) is 0 Å². The zero-order chi connectivity index (χ0) is 16.2. The van der Waals surface area contributed by atoms with Crippen LogP contribution in [-0.2, 0) is 5.41 Å². The summed E-state index contributed by atoms with van der Waals surface area (Å²) in [4.78, 5) is 4.43. The van der Waals surface area contributed by atoms with E-state index in [1.54, 1.807) is 0 Å². The highest BCUT2D eigenvalue weighted by Crippen LogP contribution is 2.35. The largest absolute Gasteiger partial charge is 0.486 e. The van der Waals surface area contributed by atoms with Gasteiger partial charge < -0.3 is 20.5 Å². The third kappa shape index (κ3) is 4.16. The molecule has 5 nitrogen and oxygen atoms in total. The number of hydrogen-bond donors (Lipinski definition) is 2. The SMILES string of the molecule is C=C(C)CNC(N)=NCC(C)(C)c1ccc2c(c1)OCCO2. The van der Waals surface area contributed by atoms with E-state index in [-0.39, 0.29) is 5.41 Å². The third-order valence-electron chi connectivity index (χ3n) is 3.54. The molecule has 0 amide bonds. The van der Waals surface area contributed by atoms with Gasteiger partial charge in [-0.1, -0.05) is 32.1 Å². The molecule has 2 rings (SSSR count). The molecule has 0 spiro atoms. The Bertz CT molecular complexity index is 579. The van der Waals surface area contributed by atoms with Crippen molar-refractivity contribution in [3.05, 3.63) is 35.9 Å². The molecule has 1 aliphatic heterocycles. The first-order valence-electron chi connectivity index (χ1n) is 7.47. The minimum Gasteiger partial charge on any atom is -0.486 e. The van der Waals surface area contributed by atoms with Gasteiger partial charge in [0.2, 0.25) is 0 Å². The zero-order valence-electron chi connectivity index (χ0n) is 13.6. The summed E-state index contributed by atoms with van der Waals surface area (Å²) in [5.74, 6) is 2.04. The van der Waals surface area contributed by atoms with Gasteiger partial charge >= 0.3 is 0 Å². The van der Waals surface area contributed by atoms with Crippen LogP contribution in [0.2, 0.25) is 0 Å². The van der Waals surface area contributed by atoms with Crippen LogP contribution >= 0.6 is 0 Å². The summed E-state index contributed by atoms with van der Waals surface area (Å²) in [6.45, 7) is 12.5. The number of ether oxygens (including phenoxy) is 2. The van der Waals surface area contributed by atoms with Gasteiger partial charge in [0.15, 0.2) is 17.5 Å². The van der Waals surface area contributed by atoms with Crippen LogP contribution < -0.4 is 20.5 Å². The van der Waals surface area contributed by atoms with Crippen molar-refractivity contribution in [2.75, 3.05) is 26.3 Å². The second kappa shape index (κ2) is 6.73. The molecule has 0 aromatic heterocycles. The lowest BCUT2D eigenvalue weighted by atomic mass is 9.84. The lowest BCUT2D eigenvalue weighted by molar-refractivity contribution is 0.171. The molecule has 1 aliphatic rings. The monoisotopic (exact) mass is 303 g/mol. The fourth-order valence-electron chi connectivity index (χ4n) is 2.14. The first-order valence-corrected chi connectivity index (χ1v) is 7.47. The Morgan fingerprint density at radius 3 is 2.68 bits per heavy atom. The van der Waals surface area contributed by atoms with Crippen LogP contribution in [0.3, 0.4) is 0 Å². The Kier molecular flexibility index (Phi) is 4.96. The van der Waals surface area contributed by atoms with Crippen molar-refractivity contribution in [1.82, 2.24) is 5.32 Å². The molecule has 1 aromatic carbocycles. The van der Waals surface area contributed by atoms with E-state index in [0.717, 1.165) is 22.6 Å². The Labute approximate surface area is 132 Å². The van der Waals surface area contributed by atoms with Crippen molar-refractivity contribution >= 4 is 5.96 Å². The number of guanidine groups is 1. The van der Waals surface area contributed by atoms with Crippen molar-refractivity contribution in [1.29, 1.82) is 0 Å². The van der Waals surface area contributed by atoms with E-state index in [4.69, 9.17) is 15.2 Å². The summed E-state index contributed by atoms with van der Waals surface area (Å²) in [6, 6.07) is 6.04. The van der Waals surface area contributed by atoms with E-state index in [0.29, 0.717) is 32.3 Å². The first kappa shape index (κ1) is 16.2. The fourth-order valence-corrected chi connectivity index (χ4v) is 2.14. The van der Waals surface area contributed by atoms with Crippen molar-refractivity contribution in [3.8, 4) is 11.5 Å². The number of aliphatic imine (C=N–C) groups is 1. The van der Waals surface area contributed by atoms with Gasteiger partial charge in [-0.15, -0.1) is 0 Å². The van der Waals surface area contributed by atoms with Gasteiger partial charge in [-0.25, -0.2) is 0 Å². The molecule has 5 heteroatoms. The minimum absolute atomic E-state index is 0.147. The summed E-state index contributed by atoms with van der Waals surface area (Å²) in [7, 11) is 0. The van der Waals surface area contributed by atoms with Crippen molar-refractivity contribution in [3.63, 3.8) is 0 Å². The van der Waals surface area contributed by atoms with Crippen LogP contribution in [0, 0.1) is 0 Å². The second-order valence-electron chi connectivity index (χ2n) is 6.25. The van der Waals surface area contributed by atoms with Crippen LogP contribution in [0.1, 0.15) is 26.3 Å². The maximum absolute atomic E-state index is 5.87. The summed E-state index contributed by atoms with van der Waals surface area (Å²) in [5.41, 5.74) is 7.89. The molecule has 0 aliphatic carbocycles. The van der Waals surface area contributed by atoms with Crippen LogP contribution in [-0.4, -0.2) is 32.3 Å². The Balaban J connectivity index is 2.06. The molecule has 1 heterocycles. The highest BCUT2D eigenvalue weighted by molar-refractivity contribution is 5.78. The average molecular weight is 303 g/mol. The van der Waals surface area contributed by atoms with Gasteiger partial charge in [0.1, 0.15) is 13.2 Å². The summed E-state index contributed by atoms with van der Waals surface area (Å²) in [5, 5.41) is 3.04. The molecule has 0 unspecified atom stereocenters. The number of rotatable bonds is 5. The van der Waals surface area contributed by atoms with E-state index in [1.807, 2.05) is 19.1 Å². The van der Waals surface area contributed by atoms with E-state index in [9.17, 15) is 0 Å². The number of fused-ring (bicyclic) bond motifs is 1. The molecule has 1 aromatic rings. The predicted molar refractivity (Wildman–Crippen MR) is 89.8 cm³/mol. The van der Waals surface area contributed by atoms with Gasteiger partial charge in [-0.2, -0.15) is 0 Å². The molecule has 22 heavy (non-hydrogen) atoms. The van der Waals surface area contributed by atoms with Gasteiger partial charge in [-0.05, 0) is 24.6 Å². The first-order chi connectivity index (χ1) is 10.4. The Hall–Kier alpha value is -2.17. The van der Waals surface area contributed by atoms with Crippen molar-refractivity contribution in [2.24, 2.45) is 10.7 Å². The molecule has 0 saturated heterocycles. The average Bonchev–Trinajstić information content (AvgIpc) is 2.50. The zero-order valence-corrected chi connectivity index (χ0v) is 13.6. The Morgan fingerprint density at radius 2 is 2.00 bits per heavy atom. The number of nitrogens with zero attached hydrogens (tertiary/aromatic N) is 1. The molecule has 0 bridgehead atoms. The second-order valence-corrected chi connectivity index (χ2v) is 6.25. The molecule has 120 valence electrons. The predicted octanol–water partition coefficient (Wildman–Crippen LogP) is 2.22. The van der Waals surface area contributed by atoms with Gasteiger partial charge in [-0.3, -0.25) is 4.99 Å². The Morgan fingerprint density at radius 1 is 1.32 bits per heavy atom. The number of benzene rings is 1. The standard InChI is InChI=1S/C17H25N3O2/c1-12(2)10-19-16(18)20-11-17(3,4)13-5-6-14-15(9-13)22-8-7-21-14/h5-6,9H,1,7-8,10-11H2,2-4H3,(H3,18,19,20). The topological polar surface area (TPSA) is 68.9 Å². The number of nitrogens with two attached hydrogens (primary N) is 1. The highest BCUT2D eigenvalue weighted by atomic mass is 16.6. The number of hydrogen-bond acceptors (Lipinski definition) is 3. The molecule has 3 N–H and O–H groups in total. The quantitative estimate of drug-likeness (QED) is 0.497. The summed E-state index contributed by atoms with van der Waals surface area (Å²) in [6.07, 6.45) is 0. The third-order valence-corrected chi connectivity index (χ3v) is 3.54. The van der Waals surface area contributed by atoms with Gasteiger partial charge in [0.25, 0.3) is 0 Å². The molecule has 0 atom stereocenters. The lowest BCUT2D eigenvalue weighted by Crippen LogP contribution is -2.34. The minimum atomic E-state index is -0.147. The van der Waals surface area contributed by atoms with Crippen LogP contribution in [0.15, 0.2) is 35.3 Å². The maximum atomic E-state index is 5.87. The molecular formula is C17H25N3O2. The smallest absolute Gasteiger partial charge is 0.188 e. The summed E-state index contributed by atoms with van der Waals surface area (Å²) < 4.78 is 11.2. The lowest BCUT2D eigenvalue weighted by Gasteiger charge is -2.26. The van der Waals surface area contributed by atoms with Crippen LogP contribution in [0.5, 0.6) is 11.5 Å².